The minimum atomic E-state index is -0.954. The number of carbonyl (C=O) groups is 1. The normalized spacial score (nSPS) is 19.8. The van der Waals surface area contributed by atoms with Crippen LogP contribution in [-0.2, 0) is 16.9 Å². The number of nitrogens with one attached hydrogen (secondary N) is 2. The minimum absolute atomic E-state index is 0.128. The molecule has 0 radical (unpaired) electrons. The van der Waals surface area contributed by atoms with Gasteiger partial charge in [-0.3, -0.25) is 10.1 Å². The van der Waals surface area contributed by atoms with E-state index in [1.165, 1.54) is 0 Å². The number of amides is 1. The Morgan fingerprint density at radius 1 is 1.16 bits per heavy atom. The fourth-order valence-electron chi connectivity index (χ4n) is 5.21. The first-order chi connectivity index (χ1) is 17.9. The number of nitrogens with zero attached hydrogens (tertiary/aromatic N) is 7. The van der Waals surface area contributed by atoms with Gasteiger partial charge in [-0.05, 0) is 45.7 Å². The van der Waals surface area contributed by atoms with Gasteiger partial charge in [0, 0.05) is 42.3 Å². The van der Waals surface area contributed by atoms with Gasteiger partial charge >= 0.3 is 0 Å². The summed E-state index contributed by atoms with van der Waals surface area (Å²) in [6, 6.07) is 8.28. The van der Waals surface area contributed by atoms with E-state index in [2.05, 4.69) is 36.6 Å². The fraction of sp³-hybridized carbons (Fsp3) is 0.370. The van der Waals surface area contributed by atoms with Crippen molar-refractivity contribution in [3.05, 3.63) is 48.3 Å². The molecule has 1 aliphatic heterocycles. The average molecular weight is 494 g/mol. The maximum atomic E-state index is 13.1. The molecule has 1 aliphatic carbocycles. The van der Waals surface area contributed by atoms with Crippen LogP contribution in [-0.4, -0.2) is 41.9 Å². The molecule has 2 N–H and O–H groups in total. The standard InChI is InChI=1S/C27H27N9O/c1-4-36-23(18-11-29-16(2)30-12-18)35-22-21(31-15-32-24(22)36)17-6-7-20-19(10-17)26(3,25(37)34-20)33-14-27(13-28)8-5-9-27/h6-7,10-12,15,33H,4-5,8-9,14H2,1-3H3,(H,34,37)/t26-/m0/s1. The second-order valence-corrected chi connectivity index (χ2v) is 10.0. The van der Waals surface area contributed by atoms with Crippen LogP contribution in [0.4, 0.5) is 5.69 Å². The zero-order chi connectivity index (χ0) is 25.8. The molecule has 1 aromatic carbocycles. The van der Waals surface area contributed by atoms with Gasteiger partial charge in [-0.1, -0.05) is 12.5 Å². The molecule has 10 nitrogen and oxygen atoms in total. The molecule has 1 saturated carbocycles. The molecule has 37 heavy (non-hydrogen) atoms. The summed E-state index contributed by atoms with van der Waals surface area (Å²) in [6.07, 6.45) is 7.83. The third kappa shape index (κ3) is 3.57. The van der Waals surface area contributed by atoms with E-state index in [4.69, 9.17) is 4.98 Å². The van der Waals surface area contributed by atoms with Gasteiger partial charge in [0.1, 0.15) is 34.7 Å². The van der Waals surface area contributed by atoms with E-state index in [1.807, 2.05) is 43.5 Å². The van der Waals surface area contributed by atoms with Gasteiger partial charge in [-0.25, -0.2) is 24.9 Å². The van der Waals surface area contributed by atoms with Crippen molar-refractivity contribution in [1.82, 2.24) is 34.8 Å². The molecule has 1 fully saturated rings. The van der Waals surface area contributed by atoms with Crippen LogP contribution in [0.2, 0.25) is 0 Å². The van der Waals surface area contributed by atoms with E-state index in [-0.39, 0.29) is 5.91 Å². The topological polar surface area (TPSA) is 134 Å². The van der Waals surface area contributed by atoms with Gasteiger partial charge < -0.3 is 9.88 Å². The predicted molar refractivity (Wildman–Crippen MR) is 138 cm³/mol. The highest BCUT2D eigenvalue weighted by molar-refractivity contribution is 6.06. The molecule has 6 rings (SSSR count). The molecule has 4 aromatic rings. The Labute approximate surface area is 214 Å². The average Bonchev–Trinajstić information content (AvgIpc) is 3.38. The molecule has 2 aliphatic rings. The first-order valence-corrected chi connectivity index (χ1v) is 12.5. The summed E-state index contributed by atoms with van der Waals surface area (Å²) in [5, 5.41) is 16.1. The number of aryl methyl sites for hydroxylation is 2. The monoisotopic (exact) mass is 493 g/mol. The highest BCUT2D eigenvalue weighted by Crippen LogP contribution is 2.43. The Balaban J connectivity index is 1.43. The lowest BCUT2D eigenvalue weighted by atomic mass is 9.69. The summed E-state index contributed by atoms with van der Waals surface area (Å²) in [4.78, 5) is 35.8. The van der Waals surface area contributed by atoms with Crippen LogP contribution >= 0.6 is 0 Å². The molecule has 4 heterocycles. The Morgan fingerprint density at radius 2 is 1.95 bits per heavy atom. The van der Waals surface area contributed by atoms with Crippen molar-refractivity contribution < 1.29 is 4.79 Å². The number of benzene rings is 1. The summed E-state index contributed by atoms with van der Waals surface area (Å²) in [6.45, 7) is 6.90. The highest BCUT2D eigenvalue weighted by Gasteiger charge is 2.46. The van der Waals surface area contributed by atoms with Crippen molar-refractivity contribution in [2.75, 3.05) is 11.9 Å². The van der Waals surface area contributed by atoms with E-state index in [0.29, 0.717) is 30.1 Å². The number of hydrogen-bond donors (Lipinski definition) is 2. The van der Waals surface area contributed by atoms with Crippen molar-refractivity contribution in [2.24, 2.45) is 5.41 Å². The third-order valence-electron chi connectivity index (χ3n) is 7.75. The second kappa shape index (κ2) is 8.42. The van der Waals surface area contributed by atoms with Crippen molar-refractivity contribution in [2.45, 2.75) is 52.1 Å². The molecule has 1 amide bonds. The Kier molecular flexibility index (Phi) is 5.28. The number of carbonyl (C=O) groups excluding carboxylic acids is 1. The van der Waals surface area contributed by atoms with Crippen molar-refractivity contribution in [3.63, 3.8) is 0 Å². The van der Waals surface area contributed by atoms with Crippen LogP contribution in [0.1, 0.15) is 44.5 Å². The summed E-state index contributed by atoms with van der Waals surface area (Å²) in [7, 11) is 0. The first-order valence-electron chi connectivity index (χ1n) is 12.5. The maximum absolute atomic E-state index is 13.1. The van der Waals surface area contributed by atoms with E-state index < -0.39 is 11.0 Å². The summed E-state index contributed by atoms with van der Waals surface area (Å²) < 4.78 is 2.03. The smallest absolute Gasteiger partial charge is 0.249 e. The maximum Gasteiger partial charge on any atom is 0.249 e. The third-order valence-corrected chi connectivity index (χ3v) is 7.75. The van der Waals surface area contributed by atoms with E-state index in [9.17, 15) is 10.1 Å². The van der Waals surface area contributed by atoms with E-state index in [0.717, 1.165) is 53.1 Å². The molecule has 0 saturated heterocycles. The van der Waals surface area contributed by atoms with Crippen molar-refractivity contribution in [3.8, 4) is 28.7 Å². The lowest BCUT2D eigenvalue weighted by molar-refractivity contribution is -0.121. The molecule has 10 heteroatoms. The zero-order valence-corrected chi connectivity index (χ0v) is 21.0. The number of imidazole rings is 1. The predicted octanol–water partition coefficient (Wildman–Crippen LogP) is 3.73. The van der Waals surface area contributed by atoms with Crippen LogP contribution in [0.3, 0.4) is 0 Å². The van der Waals surface area contributed by atoms with Crippen molar-refractivity contribution in [1.29, 1.82) is 5.26 Å². The molecule has 1 atom stereocenters. The van der Waals surface area contributed by atoms with Gasteiger partial charge in [0.25, 0.3) is 0 Å². The van der Waals surface area contributed by atoms with Gasteiger partial charge in [0.15, 0.2) is 5.65 Å². The summed E-state index contributed by atoms with van der Waals surface area (Å²) in [5.74, 6) is 1.29. The number of hydrogen-bond acceptors (Lipinski definition) is 8. The highest BCUT2D eigenvalue weighted by atomic mass is 16.2. The van der Waals surface area contributed by atoms with Crippen LogP contribution < -0.4 is 10.6 Å². The molecule has 0 spiro atoms. The second-order valence-electron chi connectivity index (χ2n) is 10.0. The Morgan fingerprint density at radius 3 is 2.62 bits per heavy atom. The molecular formula is C27H27N9O. The first kappa shape index (κ1) is 23.2. The Hall–Kier alpha value is -4.23. The lowest BCUT2D eigenvalue weighted by Crippen LogP contribution is -2.51. The molecule has 0 unspecified atom stereocenters. The number of rotatable bonds is 6. The minimum Gasteiger partial charge on any atom is -0.324 e. The summed E-state index contributed by atoms with van der Waals surface area (Å²) >= 11 is 0. The van der Waals surface area contributed by atoms with Crippen LogP contribution in [0, 0.1) is 23.7 Å². The van der Waals surface area contributed by atoms with E-state index in [1.54, 1.807) is 18.7 Å². The molecule has 3 aromatic heterocycles. The zero-order valence-electron chi connectivity index (χ0n) is 21.0. The van der Waals surface area contributed by atoms with Crippen LogP contribution in [0.25, 0.3) is 33.8 Å². The molecule has 186 valence electrons. The van der Waals surface area contributed by atoms with Crippen LogP contribution in [0.5, 0.6) is 0 Å². The summed E-state index contributed by atoms with van der Waals surface area (Å²) in [5.41, 5.74) is 3.95. The van der Waals surface area contributed by atoms with Gasteiger partial charge in [-0.15, -0.1) is 0 Å². The molecule has 0 bridgehead atoms. The van der Waals surface area contributed by atoms with Gasteiger partial charge in [0.2, 0.25) is 5.91 Å². The van der Waals surface area contributed by atoms with Gasteiger partial charge in [-0.2, -0.15) is 5.26 Å². The fourth-order valence-corrected chi connectivity index (χ4v) is 5.21. The van der Waals surface area contributed by atoms with E-state index >= 15 is 0 Å². The van der Waals surface area contributed by atoms with Gasteiger partial charge in [0.05, 0.1) is 17.0 Å². The number of anilines is 1. The lowest BCUT2D eigenvalue weighted by Gasteiger charge is -2.38. The SMILES string of the molecule is CCn1c(-c2cnc(C)nc2)nc2c(-c3ccc4c(c3)[C@](C)(NCC3(C#N)CCC3)C(=O)N4)ncnc21. The molecular weight excluding hydrogens is 466 g/mol. The van der Waals surface area contributed by atoms with Crippen LogP contribution in [0.15, 0.2) is 36.9 Å². The number of aromatic nitrogens is 6. The van der Waals surface area contributed by atoms with Crippen molar-refractivity contribution >= 4 is 22.8 Å². The number of nitriles is 1. The quantitative estimate of drug-likeness (QED) is 0.415. The largest absolute Gasteiger partial charge is 0.324 e. The Bertz CT molecular complexity index is 1580. The number of fused-ring (bicyclic) bond motifs is 2.